The Hall–Kier alpha value is -5.26. The van der Waals surface area contributed by atoms with Crippen LogP contribution in [0.5, 0.6) is 0 Å². The fraction of sp³-hybridized carbons (Fsp3) is 0.233. The second-order valence-electron chi connectivity index (χ2n) is 13.0. The number of aliphatic hydroxyl groups excluding tert-OH is 1. The summed E-state index contributed by atoms with van der Waals surface area (Å²) in [5.41, 5.74) is 6.15. The van der Waals surface area contributed by atoms with Crippen molar-refractivity contribution in [1.29, 1.82) is 0 Å². The number of hydrogen-bond acceptors (Lipinski definition) is 8. The Labute approximate surface area is 312 Å². The van der Waals surface area contributed by atoms with E-state index in [9.17, 15) is 19.5 Å². The summed E-state index contributed by atoms with van der Waals surface area (Å²) in [7, 11) is 0. The maximum Gasteiger partial charge on any atom is 0.408 e. The summed E-state index contributed by atoms with van der Waals surface area (Å²) in [4.78, 5) is 41.1. The molecule has 0 aromatic heterocycles. The van der Waals surface area contributed by atoms with Crippen molar-refractivity contribution in [3.63, 3.8) is 0 Å². The lowest BCUT2D eigenvalue weighted by Gasteiger charge is -2.36. The second kappa shape index (κ2) is 17.0. The first kappa shape index (κ1) is 36.1. The van der Waals surface area contributed by atoms with Crippen LogP contribution in [-0.4, -0.2) is 45.8 Å². The van der Waals surface area contributed by atoms with Crippen molar-refractivity contribution >= 4 is 29.7 Å². The van der Waals surface area contributed by atoms with E-state index in [0.29, 0.717) is 6.42 Å². The highest BCUT2D eigenvalue weighted by atomic mass is 32.2. The highest BCUT2D eigenvalue weighted by molar-refractivity contribution is 7.99. The average Bonchev–Trinajstić information content (AvgIpc) is 3.47. The van der Waals surface area contributed by atoms with Crippen molar-refractivity contribution in [3.05, 3.63) is 161 Å². The van der Waals surface area contributed by atoms with Crippen molar-refractivity contribution in [1.82, 2.24) is 10.2 Å². The number of thioether (sulfide) groups is 1. The highest BCUT2D eigenvalue weighted by Gasteiger charge is 2.40. The van der Waals surface area contributed by atoms with Crippen molar-refractivity contribution in [2.75, 3.05) is 5.75 Å². The third-order valence-corrected chi connectivity index (χ3v) is 10.5. The van der Waals surface area contributed by atoms with E-state index in [1.807, 2.05) is 121 Å². The molecule has 7 rings (SSSR count). The largest absolute Gasteiger partial charge is 0.445 e. The standard InChI is InChI=1S/C43H40N2O7S/c46-26-29-15-17-32(18-16-29)39-23-35(28-53-36-12-5-2-6-13-36)51-42(52-39)33-21-19-31(20-22-33)37-14-8-7-11-34(37)25-45-40(47)24-38(41(45)48)44-43(49)50-27-30-9-3-1-4-10-30/h1-22,35,38-39,42,46H,23-28H2,(H,44,49). The molecule has 2 heterocycles. The molecular formula is C43H40N2O7S. The zero-order chi connectivity index (χ0) is 36.6. The van der Waals surface area contributed by atoms with Gasteiger partial charge in [0.1, 0.15) is 12.6 Å². The average molecular weight is 729 g/mol. The van der Waals surface area contributed by atoms with Gasteiger partial charge in [0, 0.05) is 22.6 Å². The van der Waals surface area contributed by atoms with E-state index in [4.69, 9.17) is 14.2 Å². The molecule has 4 atom stereocenters. The van der Waals surface area contributed by atoms with Gasteiger partial charge in [0.2, 0.25) is 5.91 Å². The number of amides is 3. The molecule has 4 unspecified atom stereocenters. The number of ether oxygens (including phenoxy) is 3. The number of nitrogens with one attached hydrogen (secondary N) is 1. The summed E-state index contributed by atoms with van der Waals surface area (Å²) in [6.45, 7) is 0.112. The molecule has 9 nitrogen and oxygen atoms in total. The van der Waals surface area contributed by atoms with Crippen LogP contribution in [-0.2, 0) is 43.6 Å². The number of carbonyl (C=O) groups excluding carboxylic acids is 3. The fourth-order valence-corrected chi connectivity index (χ4v) is 7.47. The number of carbonyl (C=O) groups is 3. The number of aliphatic hydroxyl groups is 1. The van der Waals surface area contributed by atoms with E-state index < -0.39 is 24.3 Å². The lowest BCUT2D eigenvalue weighted by atomic mass is 9.97. The molecule has 10 heteroatoms. The molecule has 0 aliphatic carbocycles. The van der Waals surface area contributed by atoms with Gasteiger partial charge in [-0.2, -0.15) is 0 Å². The van der Waals surface area contributed by atoms with Crippen molar-refractivity contribution in [2.24, 2.45) is 0 Å². The molecular weight excluding hydrogens is 689 g/mol. The zero-order valence-electron chi connectivity index (χ0n) is 29.0. The smallest absolute Gasteiger partial charge is 0.408 e. The Bertz CT molecular complexity index is 2010. The maximum atomic E-state index is 13.3. The van der Waals surface area contributed by atoms with Gasteiger partial charge in [-0.1, -0.05) is 121 Å². The molecule has 2 fully saturated rings. The molecule has 5 aromatic rings. The zero-order valence-corrected chi connectivity index (χ0v) is 29.8. The summed E-state index contributed by atoms with van der Waals surface area (Å²) < 4.78 is 18.4. The first-order valence-corrected chi connectivity index (χ1v) is 18.6. The van der Waals surface area contributed by atoms with Crippen LogP contribution in [0.3, 0.4) is 0 Å². The van der Waals surface area contributed by atoms with E-state index in [1.165, 1.54) is 9.80 Å². The Morgan fingerprint density at radius 1 is 0.792 bits per heavy atom. The van der Waals surface area contributed by atoms with Crippen LogP contribution in [0, 0.1) is 0 Å². The van der Waals surface area contributed by atoms with Crippen molar-refractivity contribution in [3.8, 4) is 11.1 Å². The van der Waals surface area contributed by atoms with E-state index in [2.05, 4.69) is 17.4 Å². The van der Waals surface area contributed by atoms with Gasteiger partial charge >= 0.3 is 6.09 Å². The molecule has 2 saturated heterocycles. The Kier molecular flexibility index (Phi) is 11.6. The minimum absolute atomic E-state index is 0.0161. The van der Waals surface area contributed by atoms with Crippen LogP contribution in [0.2, 0.25) is 0 Å². The van der Waals surface area contributed by atoms with E-state index in [0.717, 1.165) is 44.7 Å². The Balaban J connectivity index is 1.03. The summed E-state index contributed by atoms with van der Waals surface area (Å²) in [6.07, 6.45) is -1.04. The molecule has 53 heavy (non-hydrogen) atoms. The maximum absolute atomic E-state index is 13.3. The van der Waals surface area contributed by atoms with Crippen LogP contribution >= 0.6 is 11.8 Å². The summed E-state index contributed by atoms with van der Waals surface area (Å²) in [5, 5.41) is 12.1. The summed E-state index contributed by atoms with van der Waals surface area (Å²) >= 11 is 1.75. The second-order valence-corrected chi connectivity index (χ2v) is 14.1. The van der Waals surface area contributed by atoms with E-state index >= 15 is 0 Å². The van der Waals surface area contributed by atoms with Crippen LogP contribution in [0.15, 0.2) is 138 Å². The molecule has 0 saturated carbocycles. The highest BCUT2D eigenvalue weighted by Crippen LogP contribution is 2.40. The van der Waals surface area contributed by atoms with Gasteiger partial charge in [-0.25, -0.2) is 4.79 Å². The quantitative estimate of drug-likeness (QED) is 0.0992. The van der Waals surface area contributed by atoms with Crippen LogP contribution in [0.25, 0.3) is 11.1 Å². The molecule has 2 N–H and O–H groups in total. The van der Waals surface area contributed by atoms with Crippen LogP contribution < -0.4 is 5.32 Å². The lowest BCUT2D eigenvalue weighted by molar-refractivity contribution is -0.245. The minimum atomic E-state index is -0.987. The van der Waals surface area contributed by atoms with Crippen LogP contribution in [0.4, 0.5) is 4.79 Å². The van der Waals surface area contributed by atoms with Gasteiger partial charge < -0.3 is 24.6 Å². The molecule has 0 spiro atoms. The fourth-order valence-electron chi connectivity index (χ4n) is 6.53. The number of benzene rings is 5. The van der Waals surface area contributed by atoms with Crippen molar-refractivity contribution < 1.29 is 33.7 Å². The van der Waals surface area contributed by atoms with E-state index in [-0.39, 0.29) is 44.3 Å². The number of imide groups is 1. The Morgan fingerprint density at radius 3 is 2.21 bits per heavy atom. The number of likely N-dealkylation sites (tertiary alicyclic amines) is 1. The number of hydrogen-bond donors (Lipinski definition) is 2. The minimum Gasteiger partial charge on any atom is -0.445 e. The number of alkyl carbamates (subject to hydrolysis) is 1. The summed E-state index contributed by atoms with van der Waals surface area (Å²) in [6, 6.07) is 42.0. The number of nitrogens with zero attached hydrogens (tertiary/aromatic N) is 1. The first-order chi connectivity index (χ1) is 25.9. The molecule has 0 bridgehead atoms. The monoisotopic (exact) mass is 728 g/mol. The lowest BCUT2D eigenvalue weighted by Crippen LogP contribution is -2.41. The molecule has 2 aliphatic rings. The molecule has 5 aromatic carbocycles. The van der Waals surface area contributed by atoms with Gasteiger partial charge in [0.25, 0.3) is 5.91 Å². The topological polar surface area (TPSA) is 114 Å². The predicted octanol–water partition coefficient (Wildman–Crippen LogP) is 7.74. The van der Waals surface area contributed by atoms with Crippen molar-refractivity contribution in [2.45, 2.75) is 62.0 Å². The predicted molar refractivity (Wildman–Crippen MR) is 201 cm³/mol. The van der Waals surface area contributed by atoms with Gasteiger partial charge in [0.05, 0.1) is 31.8 Å². The van der Waals surface area contributed by atoms with Gasteiger partial charge in [-0.15, -0.1) is 11.8 Å². The summed E-state index contributed by atoms with van der Waals surface area (Å²) in [5.74, 6) is -0.0654. The van der Waals surface area contributed by atoms with Gasteiger partial charge in [0.15, 0.2) is 6.29 Å². The normalized spacial score (nSPS) is 20.0. The number of rotatable bonds is 12. The molecule has 270 valence electrons. The Morgan fingerprint density at radius 2 is 1.47 bits per heavy atom. The molecule has 3 amide bonds. The third-order valence-electron chi connectivity index (χ3n) is 9.38. The molecule has 2 aliphatic heterocycles. The van der Waals surface area contributed by atoms with Gasteiger partial charge in [-0.3, -0.25) is 14.5 Å². The first-order valence-electron chi connectivity index (χ1n) is 17.6. The molecule has 0 radical (unpaired) electrons. The van der Waals surface area contributed by atoms with Gasteiger partial charge in [-0.05, 0) is 45.5 Å². The van der Waals surface area contributed by atoms with Crippen LogP contribution in [0.1, 0.15) is 53.1 Å². The van der Waals surface area contributed by atoms with E-state index in [1.54, 1.807) is 11.8 Å². The SMILES string of the molecule is O=C(NC1CC(=O)N(Cc2ccccc2-c2ccc(C3OC(CSc4ccccc4)CC(c4ccc(CO)cc4)O3)cc2)C1=O)OCc1ccccc1. The third kappa shape index (κ3) is 9.04.